The number of nitrogen functional groups attached to an aromatic ring is 1. The van der Waals surface area contributed by atoms with Crippen molar-refractivity contribution in [1.82, 2.24) is 14.6 Å². The van der Waals surface area contributed by atoms with Gasteiger partial charge < -0.3 is 33.9 Å². The van der Waals surface area contributed by atoms with Gasteiger partial charge in [-0.2, -0.15) is 15.6 Å². The van der Waals surface area contributed by atoms with Crippen LogP contribution in [0, 0.1) is 28.5 Å². The molecule has 2 aromatic heterocycles. The largest absolute Gasteiger partial charge is 0.530 e. The number of phosphoric ester groups is 1. The van der Waals surface area contributed by atoms with Crippen LogP contribution in [0.15, 0.2) is 60.9 Å². The summed E-state index contributed by atoms with van der Waals surface area (Å²) in [5.41, 5.74) is 5.54. The van der Waals surface area contributed by atoms with Crippen molar-refractivity contribution in [1.29, 1.82) is 10.5 Å². The zero-order chi connectivity index (χ0) is 48.4. The Kier molecular flexibility index (Phi) is 20.4. The van der Waals surface area contributed by atoms with Crippen molar-refractivity contribution in [2.24, 2.45) is 0 Å². The summed E-state index contributed by atoms with van der Waals surface area (Å²) in [4.78, 5) is 4.06. The predicted molar refractivity (Wildman–Crippen MR) is 255 cm³/mol. The van der Waals surface area contributed by atoms with Crippen molar-refractivity contribution in [3.05, 3.63) is 88.6 Å². The maximum absolute atomic E-state index is 14.8. The Morgan fingerprint density at radius 1 is 0.882 bits per heavy atom. The van der Waals surface area contributed by atoms with Crippen LogP contribution in [-0.2, 0) is 49.5 Å². The molecule has 6 atom stereocenters. The number of fused-ring (bicyclic) bond motifs is 2. The van der Waals surface area contributed by atoms with E-state index in [0.29, 0.717) is 23.4 Å². The Balaban J connectivity index is 1.07. The van der Waals surface area contributed by atoms with Crippen LogP contribution in [0.4, 0.5) is 10.2 Å². The summed E-state index contributed by atoms with van der Waals surface area (Å²) >= 11 is 6.47. The molecule has 2 aliphatic rings. The molecule has 68 heavy (non-hydrogen) atoms. The van der Waals surface area contributed by atoms with Crippen LogP contribution in [0.25, 0.3) is 5.52 Å². The number of aromatic nitrogens is 3. The highest BCUT2D eigenvalue weighted by molar-refractivity contribution is 7.48. The topological polar surface area (TPSA) is 195 Å². The normalized spacial score (nSPS) is 21.0. The van der Waals surface area contributed by atoms with Gasteiger partial charge in [-0.25, -0.2) is 18.5 Å². The van der Waals surface area contributed by atoms with Crippen LogP contribution >= 0.6 is 19.4 Å². The van der Waals surface area contributed by atoms with Crippen LogP contribution in [0.1, 0.15) is 140 Å². The molecule has 1 unspecified atom stereocenters. The number of benzene rings is 2. The molecule has 0 spiro atoms. The summed E-state index contributed by atoms with van der Waals surface area (Å²) in [6.45, 7) is 5.39. The van der Waals surface area contributed by atoms with E-state index in [1.54, 1.807) is 44.2 Å². The fraction of sp³-hybridized carbons (Fsp3) is 0.600. The summed E-state index contributed by atoms with van der Waals surface area (Å²) in [6.07, 6.45) is 17.7. The molecule has 370 valence electrons. The number of nitrogens with zero attached hydrogens (tertiary/aromatic N) is 5. The van der Waals surface area contributed by atoms with E-state index in [-0.39, 0.29) is 42.0 Å². The number of nitriles is 2. The molecular weight excluding hydrogens is 914 g/mol. The highest BCUT2D eigenvalue weighted by Crippen LogP contribution is 2.54. The fourth-order valence-corrected chi connectivity index (χ4v) is 10.1. The average Bonchev–Trinajstić information content (AvgIpc) is 4.00. The van der Waals surface area contributed by atoms with Gasteiger partial charge in [-0.3, -0.25) is 9.05 Å². The zero-order valence-corrected chi connectivity index (χ0v) is 41.3. The maximum atomic E-state index is 14.8. The second kappa shape index (κ2) is 26.1. The smallest absolute Gasteiger partial charge is 0.402 e. The molecule has 4 aromatic rings. The van der Waals surface area contributed by atoms with Gasteiger partial charge in [0.25, 0.3) is 0 Å². The van der Waals surface area contributed by atoms with E-state index in [0.717, 1.165) is 19.3 Å². The van der Waals surface area contributed by atoms with E-state index in [4.69, 9.17) is 54.6 Å². The highest BCUT2D eigenvalue weighted by atomic mass is 35.5. The van der Waals surface area contributed by atoms with Gasteiger partial charge in [-0.1, -0.05) is 133 Å². The molecule has 0 saturated carbocycles. The molecule has 2 fully saturated rings. The third-order valence-electron chi connectivity index (χ3n) is 12.2. The summed E-state index contributed by atoms with van der Waals surface area (Å²) in [7, 11) is -4.61. The predicted octanol–water partition coefficient (Wildman–Crippen LogP) is 11.7. The molecule has 6 rings (SSSR count). The molecule has 2 aromatic carbocycles. The molecule has 15 nitrogen and oxygen atoms in total. The summed E-state index contributed by atoms with van der Waals surface area (Å²) in [5, 5.41) is 24.7. The second-order valence-electron chi connectivity index (χ2n) is 18.0. The molecule has 0 bridgehead atoms. The lowest BCUT2D eigenvalue weighted by atomic mass is 9.92. The van der Waals surface area contributed by atoms with E-state index in [2.05, 4.69) is 23.1 Å². The quantitative estimate of drug-likeness (QED) is 0.0369. The fourth-order valence-electron chi connectivity index (χ4n) is 8.61. The number of para-hydroxylation sites is 1. The van der Waals surface area contributed by atoms with Gasteiger partial charge in [0.15, 0.2) is 11.6 Å². The third kappa shape index (κ3) is 14.7. The molecule has 2 N–H and O–H groups in total. The Hall–Kier alpha value is -4.19. The van der Waals surface area contributed by atoms with E-state index >= 15 is 0 Å². The van der Waals surface area contributed by atoms with Gasteiger partial charge in [-0.05, 0) is 62.2 Å². The number of rotatable bonds is 31. The molecule has 0 radical (unpaired) electrons. The first-order chi connectivity index (χ1) is 32.9. The van der Waals surface area contributed by atoms with Crippen LogP contribution in [0.5, 0.6) is 5.75 Å². The minimum Gasteiger partial charge on any atom is -0.402 e. The summed E-state index contributed by atoms with van der Waals surface area (Å²) in [6, 6.07) is 18.0. The minimum atomic E-state index is -4.61. The van der Waals surface area contributed by atoms with E-state index in [1.165, 1.54) is 119 Å². The van der Waals surface area contributed by atoms with Crippen molar-refractivity contribution in [3.8, 4) is 17.9 Å². The number of halogens is 2. The van der Waals surface area contributed by atoms with Crippen molar-refractivity contribution >= 4 is 30.8 Å². The minimum absolute atomic E-state index is 0.0279. The van der Waals surface area contributed by atoms with Gasteiger partial charge in [0, 0.05) is 6.61 Å². The molecular formula is C50H67ClFN6O9P. The van der Waals surface area contributed by atoms with E-state index < -0.39 is 56.1 Å². The van der Waals surface area contributed by atoms with Gasteiger partial charge in [0.1, 0.15) is 60.0 Å². The van der Waals surface area contributed by atoms with Gasteiger partial charge in [0.05, 0.1) is 42.7 Å². The number of anilines is 1. The first-order valence-corrected chi connectivity index (χ1v) is 26.0. The molecule has 4 heterocycles. The summed E-state index contributed by atoms with van der Waals surface area (Å²) < 4.78 is 79.8. The first-order valence-electron chi connectivity index (χ1n) is 24.2. The molecule has 2 saturated heterocycles. The first kappa shape index (κ1) is 53.2. The summed E-state index contributed by atoms with van der Waals surface area (Å²) in [5.74, 6) is -1.55. The van der Waals surface area contributed by atoms with Crippen molar-refractivity contribution < 1.29 is 46.2 Å². The van der Waals surface area contributed by atoms with Gasteiger partial charge >= 0.3 is 7.82 Å². The highest BCUT2D eigenvalue weighted by Gasteiger charge is 2.65. The molecule has 18 heteroatoms. The molecule has 0 amide bonds. The second-order valence-corrected chi connectivity index (χ2v) is 20.0. The van der Waals surface area contributed by atoms with Gasteiger partial charge in [0.2, 0.25) is 5.60 Å². The number of nitrogens with two attached hydrogens (primary N) is 1. The number of hydrogen-bond donors (Lipinski definition) is 1. The maximum Gasteiger partial charge on any atom is 0.530 e. The Bertz CT molecular complexity index is 2340. The van der Waals surface area contributed by atoms with E-state index in [1.807, 2.05) is 6.07 Å². The third-order valence-corrected chi connectivity index (χ3v) is 13.9. The number of ether oxygens (including phenoxy) is 5. The van der Waals surface area contributed by atoms with Crippen molar-refractivity contribution in [2.45, 2.75) is 166 Å². The van der Waals surface area contributed by atoms with Crippen molar-refractivity contribution in [2.75, 3.05) is 32.2 Å². The number of phosphoric acid groups is 1. The van der Waals surface area contributed by atoms with E-state index in [9.17, 15) is 19.5 Å². The van der Waals surface area contributed by atoms with Gasteiger partial charge in [-0.15, -0.1) is 0 Å². The number of hydrogen-bond acceptors (Lipinski definition) is 14. The monoisotopic (exact) mass is 980 g/mol. The lowest BCUT2D eigenvalue weighted by Crippen LogP contribution is -2.40. The van der Waals surface area contributed by atoms with Crippen molar-refractivity contribution in [3.63, 3.8) is 0 Å². The Morgan fingerprint density at radius 3 is 2.22 bits per heavy atom. The van der Waals surface area contributed by atoms with Crippen LogP contribution in [0.3, 0.4) is 0 Å². The lowest BCUT2D eigenvalue weighted by Gasteiger charge is -2.29. The van der Waals surface area contributed by atoms with Crippen LogP contribution in [-0.4, -0.2) is 71.2 Å². The molecule has 0 aliphatic carbocycles. The Morgan fingerprint density at radius 2 is 1.56 bits per heavy atom. The van der Waals surface area contributed by atoms with Crippen LogP contribution in [0.2, 0.25) is 5.02 Å². The molecule has 2 aliphatic heterocycles. The Labute approximate surface area is 405 Å². The SMILES string of the molecule is CCCCCCCCCCCCCCCCCCOC[C@H](COP(=O)(OC[C@H]1O[C@@](C#N)(c2ccc3c(N)ncnn23)[C@@H]2OC(C)(C)O[C@@H]21)Oc1ccccc1Cl)OCc1ccc(F)c(C#N)c1. The lowest BCUT2D eigenvalue weighted by molar-refractivity contribution is -0.204. The van der Waals surface area contributed by atoms with Crippen LogP contribution < -0.4 is 10.3 Å². The number of unbranched alkanes of at least 4 members (excludes halogenated alkanes) is 15. The standard InChI is InChI=1S/C50H67ClFN6O9P/c1-4-5-6-7-8-9-10-11-12-13-14-15-16-17-18-21-28-60-32-39(61-31-37-24-25-41(52)38(29-37)30-53)33-62-68(59,67-43-23-20-19-22-40(43)51)63-34-44-46-47(66-49(2,3)65-46)50(35-54,64-44)45-27-26-42-48(55)56-36-57-58(42)45/h19-20,22-27,29,36,39,44,46-47H,4-18,21,28,31-34H2,1-3H3,(H2,55,56,57)/t39-,44-,46-,47-,50+,68?/m1/s1. The average molecular weight is 982 g/mol. The zero-order valence-electron chi connectivity index (χ0n) is 39.6.